The Hall–Kier alpha value is -2.34. The lowest BCUT2D eigenvalue weighted by Crippen LogP contribution is -2.42. The first-order valence-electron chi connectivity index (χ1n) is 13.9. The molecule has 1 saturated carbocycles. The number of unbranched alkanes of at least 4 members (excludes halogenated alkanes) is 3. The van der Waals surface area contributed by atoms with Crippen molar-refractivity contribution >= 4 is 22.6 Å². The van der Waals surface area contributed by atoms with Gasteiger partial charge in [0, 0.05) is 30.1 Å². The summed E-state index contributed by atoms with van der Waals surface area (Å²) in [5, 5.41) is 12.3. The highest BCUT2D eigenvalue weighted by molar-refractivity contribution is 6.30. The molecule has 0 bridgehead atoms. The van der Waals surface area contributed by atoms with Gasteiger partial charge in [0.15, 0.2) is 5.43 Å². The maximum Gasteiger partial charge on any atom is 0.193 e. The summed E-state index contributed by atoms with van der Waals surface area (Å²) in [6, 6.07) is 14.9. The summed E-state index contributed by atoms with van der Waals surface area (Å²) in [4.78, 5) is 15.1. The second-order valence-electron chi connectivity index (χ2n) is 10.8. The highest BCUT2D eigenvalue weighted by Gasteiger charge is 2.33. The van der Waals surface area contributed by atoms with E-state index in [4.69, 9.17) is 20.8 Å². The number of ether oxygens (including phenoxy) is 1. The van der Waals surface area contributed by atoms with Crippen LogP contribution in [0.4, 0.5) is 0 Å². The number of rotatable bonds is 10. The van der Waals surface area contributed by atoms with Crippen LogP contribution in [0.2, 0.25) is 5.02 Å². The van der Waals surface area contributed by atoms with E-state index in [9.17, 15) is 9.90 Å². The summed E-state index contributed by atoms with van der Waals surface area (Å²) in [7, 11) is 0. The summed E-state index contributed by atoms with van der Waals surface area (Å²) in [6.45, 7) is 3.55. The van der Waals surface area contributed by atoms with E-state index in [0.29, 0.717) is 28.5 Å². The van der Waals surface area contributed by atoms with E-state index in [1.807, 2.05) is 42.5 Å². The van der Waals surface area contributed by atoms with E-state index in [0.717, 1.165) is 88.1 Å². The van der Waals surface area contributed by atoms with Crippen molar-refractivity contribution in [2.45, 2.75) is 75.7 Å². The SMILES string of the molecule is O=c1cc(C2CCCC2)oc2ccc(OCCCCCCN3CCC(O)(c4ccc(Cl)cc4)CC3)cc12. The summed E-state index contributed by atoms with van der Waals surface area (Å²) in [6.07, 6.45) is 10.6. The lowest BCUT2D eigenvalue weighted by molar-refractivity contribution is -0.0261. The van der Waals surface area contributed by atoms with Crippen molar-refractivity contribution in [1.29, 1.82) is 0 Å². The van der Waals surface area contributed by atoms with Crippen molar-refractivity contribution in [3.63, 3.8) is 0 Å². The van der Waals surface area contributed by atoms with Gasteiger partial charge in [0.25, 0.3) is 0 Å². The van der Waals surface area contributed by atoms with Crippen LogP contribution in [-0.2, 0) is 5.60 Å². The summed E-state index contributed by atoms with van der Waals surface area (Å²) < 4.78 is 12.0. The molecule has 1 N–H and O–H groups in total. The van der Waals surface area contributed by atoms with Crippen LogP contribution in [0.1, 0.15) is 81.4 Å². The molecular weight excluding hydrogens is 486 g/mol. The fourth-order valence-corrected chi connectivity index (χ4v) is 5.96. The van der Waals surface area contributed by atoms with Crippen molar-refractivity contribution < 1.29 is 14.3 Å². The molecule has 2 aliphatic rings. The van der Waals surface area contributed by atoms with E-state index >= 15 is 0 Å². The van der Waals surface area contributed by atoms with Crippen LogP contribution in [-0.4, -0.2) is 36.2 Å². The Morgan fingerprint density at radius 1 is 0.973 bits per heavy atom. The minimum absolute atomic E-state index is 0.0258. The average Bonchev–Trinajstić information content (AvgIpc) is 3.45. The lowest BCUT2D eigenvalue weighted by atomic mass is 9.84. The summed E-state index contributed by atoms with van der Waals surface area (Å²) in [5.41, 5.74) is 0.919. The Kier molecular flexibility index (Phi) is 8.53. The van der Waals surface area contributed by atoms with Gasteiger partial charge in [-0.05, 0) is 81.0 Å². The Labute approximate surface area is 224 Å². The molecule has 0 unspecified atom stereocenters. The Morgan fingerprint density at radius 3 is 2.46 bits per heavy atom. The molecule has 5 rings (SSSR count). The molecule has 6 heteroatoms. The van der Waals surface area contributed by atoms with Gasteiger partial charge < -0.3 is 19.2 Å². The molecule has 1 aliphatic carbocycles. The fourth-order valence-electron chi connectivity index (χ4n) is 5.83. The van der Waals surface area contributed by atoms with Crippen molar-refractivity contribution in [1.82, 2.24) is 4.90 Å². The molecule has 0 spiro atoms. The second-order valence-corrected chi connectivity index (χ2v) is 11.2. The van der Waals surface area contributed by atoms with Gasteiger partial charge in [-0.25, -0.2) is 0 Å². The zero-order chi connectivity index (χ0) is 25.7. The molecule has 2 fully saturated rings. The second kappa shape index (κ2) is 12.0. The maximum absolute atomic E-state index is 12.7. The summed E-state index contributed by atoms with van der Waals surface area (Å²) >= 11 is 5.99. The third-order valence-electron chi connectivity index (χ3n) is 8.18. The number of halogens is 1. The number of aliphatic hydroxyl groups is 1. The lowest BCUT2D eigenvalue weighted by Gasteiger charge is -2.38. The first kappa shape index (κ1) is 26.3. The molecule has 0 amide bonds. The quantitative estimate of drug-likeness (QED) is 0.289. The maximum atomic E-state index is 12.7. The third kappa shape index (κ3) is 6.57. The van der Waals surface area contributed by atoms with Gasteiger partial charge in [-0.15, -0.1) is 0 Å². The monoisotopic (exact) mass is 523 g/mol. The van der Waals surface area contributed by atoms with Gasteiger partial charge in [0.2, 0.25) is 0 Å². The first-order chi connectivity index (χ1) is 18.0. The van der Waals surface area contributed by atoms with Crippen LogP contribution < -0.4 is 10.2 Å². The van der Waals surface area contributed by atoms with Crippen LogP contribution in [0.15, 0.2) is 57.7 Å². The number of fused-ring (bicyclic) bond motifs is 1. The van der Waals surface area contributed by atoms with Gasteiger partial charge in [-0.2, -0.15) is 0 Å². The van der Waals surface area contributed by atoms with E-state index in [1.165, 1.54) is 12.8 Å². The standard InChI is InChI=1S/C31H38ClNO4/c32-25-11-9-24(10-12-25)31(35)15-18-33(19-16-31)17-5-1-2-6-20-36-26-13-14-29-27(21-26)28(34)22-30(37-29)23-7-3-4-8-23/h9-14,21-23,35H,1-8,15-20H2. The van der Waals surface area contributed by atoms with Gasteiger partial charge in [-0.1, -0.05) is 49.4 Å². The van der Waals surface area contributed by atoms with Crippen LogP contribution in [0.3, 0.4) is 0 Å². The largest absolute Gasteiger partial charge is 0.494 e. The molecular formula is C31H38ClNO4. The molecule has 3 aromatic rings. The number of nitrogens with zero attached hydrogens (tertiary/aromatic N) is 1. The number of hydrogen-bond acceptors (Lipinski definition) is 5. The molecule has 0 atom stereocenters. The number of likely N-dealkylation sites (tertiary alicyclic amines) is 1. The highest BCUT2D eigenvalue weighted by Crippen LogP contribution is 2.35. The molecule has 0 radical (unpaired) electrons. The average molecular weight is 524 g/mol. The van der Waals surface area contributed by atoms with E-state index in [2.05, 4.69) is 4.90 Å². The predicted molar refractivity (Wildman–Crippen MR) is 149 cm³/mol. The molecule has 37 heavy (non-hydrogen) atoms. The molecule has 2 heterocycles. The zero-order valence-corrected chi connectivity index (χ0v) is 22.3. The zero-order valence-electron chi connectivity index (χ0n) is 21.6. The van der Waals surface area contributed by atoms with Crippen molar-refractivity contribution in [3.05, 3.63) is 75.1 Å². The molecule has 2 aromatic carbocycles. The molecule has 1 saturated heterocycles. The molecule has 1 aromatic heterocycles. The van der Waals surface area contributed by atoms with Gasteiger partial charge in [0.05, 0.1) is 17.6 Å². The highest BCUT2D eigenvalue weighted by atomic mass is 35.5. The van der Waals surface area contributed by atoms with Crippen molar-refractivity contribution in [2.24, 2.45) is 0 Å². The van der Waals surface area contributed by atoms with Crippen LogP contribution in [0.5, 0.6) is 5.75 Å². The van der Waals surface area contributed by atoms with Crippen molar-refractivity contribution in [2.75, 3.05) is 26.2 Å². The topological polar surface area (TPSA) is 62.9 Å². The Bertz CT molecular complexity index is 1220. The predicted octanol–water partition coefficient (Wildman–Crippen LogP) is 7.03. The van der Waals surface area contributed by atoms with E-state index in [1.54, 1.807) is 6.07 Å². The minimum Gasteiger partial charge on any atom is -0.494 e. The van der Waals surface area contributed by atoms with Gasteiger partial charge in [0.1, 0.15) is 17.1 Å². The van der Waals surface area contributed by atoms with Crippen LogP contribution >= 0.6 is 11.6 Å². The number of piperidine rings is 1. The Balaban J connectivity index is 0.995. The van der Waals surface area contributed by atoms with Crippen LogP contribution in [0.25, 0.3) is 11.0 Å². The number of benzene rings is 2. The van der Waals surface area contributed by atoms with E-state index < -0.39 is 5.60 Å². The molecule has 198 valence electrons. The fraction of sp³-hybridized carbons (Fsp3) is 0.516. The Morgan fingerprint density at radius 2 is 1.70 bits per heavy atom. The smallest absolute Gasteiger partial charge is 0.193 e. The normalized spacial score (nSPS) is 18.4. The third-order valence-corrected chi connectivity index (χ3v) is 8.43. The van der Waals surface area contributed by atoms with Crippen LogP contribution in [0, 0.1) is 0 Å². The minimum atomic E-state index is -0.736. The first-order valence-corrected chi connectivity index (χ1v) is 14.3. The van der Waals surface area contributed by atoms with Gasteiger partial charge in [-0.3, -0.25) is 4.79 Å². The number of hydrogen-bond donors (Lipinski definition) is 1. The summed E-state index contributed by atoms with van der Waals surface area (Å²) in [5.74, 6) is 1.96. The van der Waals surface area contributed by atoms with Gasteiger partial charge >= 0.3 is 0 Å². The van der Waals surface area contributed by atoms with Crippen molar-refractivity contribution in [3.8, 4) is 5.75 Å². The molecule has 5 nitrogen and oxygen atoms in total. The molecule has 1 aliphatic heterocycles. The van der Waals surface area contributed by atoms with E-state index in [-0.39, 0.29) is 5.43 Å².